The second-order valence-corrected chi connectivity index (χ2v) is 7.15. The zero-order valence-corrected chi connectivity index (χ0v) is 14.3. The SMILES string of the molecule is CC[C@H](c1ccccc1)c1nnc(NC(=O)C2CCCCC2)s1. The van der Waals surface area contributed by atoms with E-state index in [-0.39, 0.29) is 17.7 Å². The number of nitrogens with zero attached hydrogens (tertiary/aromatic N) is 2. The first-order valence-corrected chi connectivity index (χ1v) is 9.28. The van der Waals surface area contributed by atoms with E-state index in [9.17, 15) is 4.79 Å². The van der Waals surface area contributed by atoms with Gasteiger partial charge in [0.25, 0.3) is 0 Å². The fraction of sp³-hybridized carbons (Fsp3) is 0.500. The van der Waals surface area contributed by atoms with E-state index in [1.54, 1.807) is 0 Å². The number of carbonyl (C=O) groups excluding carboxylic acids is 1. The molecule has 1 aliphatic rings. The number of nitrogens with one attached hydrogen (secondary N) is 1. The minimum absolute atomic E-state index is 0.111. The lowest BCUT2D eigenvalue weighted by molar-refractivity contribution is -0.120. The Hall–Kier alpha value is -1.75. The summed E-state index contributed by atoms with van der Waals surface area (Å²) in [4.78, 5) is 12.3. The van der Waals surface area contributed by atoms with Crippen LogP contribution in [0.25, 0.3) is 0 Å². The van der Waals surface area contributed by atoms with Crippen molar-refractivity contribution in [3.63, 3.8) is 0 Å². The minimum atomic E-state index is 0.111. The van der Waals surface area contributed by atoms with Gasteiger partial charge in [0, 0.05) is 11.8 Å². The minimum Gasteiger partial charge on any atom is -0.300 e. The Bertz CT molecular complexity index is 635. The molecule has 4 nitrogen and oxygen atoms in total. The second-order valence-electron chi connectivity index (χ2n) is 6.14. The van der Waals surface area contributed by atoms with Crippen molar-refractivity contribution in [1.29, 1.82) is 0 Å². The molecule has 1 heterocycles. The molecule has 0 spiro atoms. The predicted octanol–water partition coefficient (Wildman–Crippen LogP) is 4.60. The molecule has 1 aromatic carbocycles. The number of benzene rings is 1. The molecule has 2 aromatic rings. The third-order valence-electron chi connectivity index (χ3n) is 4.56. The van der Waals surface area contributed by atoms with Crippen LogP contribution in [0.15, 0.2) is 30.3 Å². The number of hydrogen-bond acceptors (Lipinski definition) is 4. The standard InChI is InChI=1S/C18H23N3OS/c1-2-15(13-9-5-3-6-10-13)17-20-21-18(23-17)19-16(22)14-11-7-4-8-12-14/h3,5-6,9-10,14-15H,2,4,7-8,11-12H2,1H3,(H,19,21,22)/t15-/m1/s1. The molecule has 0 aliphatic heterocycles. The molecule has 1 aromatic heterocycles. The first-order chi connectivity index (χ1) is 11.3. The van der Waals surface area contributed by atoms with Crippen molar-refractivity contribution in [2.75, 3.05) is 5.32 Å². The summed E-state index contributed by atoms with van der Waals surface area (Å²) in [7, 11) is 0. The highest BCUT2D eigenvalue weighted by Crippen LogP contribution is 2.32. The average molecular weight is 329 g/mol. The maximum Gasteiger partial charge on any atom is 0.229 e. The summed E-state index contributed by atoms with van der Waals surface area (Å²) in [5.41, 5.74) is 1.25. The zero-order valence-electron chi connectivity index (χ0n) is 13.5. The van der Waals surface area contributed by atoms with Gasteiger partial charge >= 0.3 is 0 Å². The van der Waals surface area contributed by atoms with Gasteiger partial charge in [-0.2, -0.15) is 0 Å². The molecular weight excluding hydrogens is 306 g/mol. The first kappa shape index (κ1) is 16.1. The molecule has 3 rings (SSSR count). The molecule has 122 valence electrons. The number of aromatic nitrogens is 2. The molecular formula is C18H23N3OS. The Labute approximate surface area is 141 Å². The monoisotopic (exact) mass is 329 g/mol. The second kappa shape index (κ2) is 7.68. The van der Waals surface area contributed by atoms with Crippen LogP contribution in [0.5, 0.6) is 0 Å². The molecule has 1 amide bonds. The fourth-order valence-electron chi connectivity index (χ4n) is 3.24. The van der Waals surface area contributed by atoms with Crippen molar-refractivity contribution in [2.24, 2.45) is 5.92 Å². The summed E-state index contributed by atoms with van der Waals surface area (Å²) in [6, 6.07) is 10.4. The molecule has 1 fully saturated rings. The number of anilines is 1. The Morgan fingerprint density at radius 1 is 1.22 bits per heavy atom. The summed E-state index contributed by atoms with van der Waals surface area (Å²) in [6.07, 6.45) is 6.53. The van der Waals surface area contributed by atoms with Gasteiger partial charge in [0.05, 0.1) is 0 Å². The smallest absolute Gasteiger partial charge is 0.229 e. The number of carbonyl (C=O) groups is 1. The Balaban J connectivity index is 1.68. The third-order valence-corrected chi connectivity index (χ3v) is 5.51. The zero-order chi connectivity index (χ0) is 16.1. The van der Waals surface area contributed by atoms with Crippen LogP contribution in [-0.2, 0) is 4.79 Å². The molecule has 0 unspecified atom stereocenters. The van der Waals surface area contributed by atoms with E-state index in [0.717, 1.165) is 37.1 Å². The van der Waals surface area contributed by atoms with Crippen molar-refractivity contribution in [3.05, 3.63) is 40.9 Å². The van der Waals surface area contributed by atoms with Crippen LogP contribution in [0.2, 0.25) is 0 Å². The summed E-state index contributed by atoms with van der Waals surface area (Å²) in [5, 5.41) is 13.1. The largest absolute Gasteiger partial charge is 0.300 e. The molecule has 0 saturated heterocycles. The van der Waals surface area contributed by atoms with Gasteiger partial charge in [-0.1, -0.05) is 67.9 Å². The number of amides is 1. The fourth-order valence-corrected chi connectivity index (χ4v) is 4.19. The van der Waals surface area contributed by atoms with Crippen molar-refractivity contribution < 1.29 is 4.79 Å². The van der Waals surface area contributed by atoms with E-state index in [1.807, 2.05) is 18.2 Å². The van der Waals surface area contributed by atoms with Crippen LogP contribution in [-0.4, -0.2) is 16.1 Å². The number of rotatable bonds is 5. The maximum atomic E-state index is 12.3. The van der Waals surface area contributed by atoms with Crippen LogP contribution in [0.4, 0.5) is 5.13 Å². The quantitative estimate of drug-likeness (QED) is 0.872. The summed E-state index contributed by atoms with van der Waals surface area (Å²) in [6.45, 7) is 2.15. The lowest BCUT2D eigenvalue weighted by Gasteiger charge is -2.19. The van der Waals surface area contributed by atoms with Crippen LogP contribution in [0.1, 0.15) is 61.9 Å². The van der Waals surface area contributed by atoms with E-state index in [0.29, 0.717) is 5.13 Å². The van der Waals surface area contributed by atoms with E-state index >= 15 is 0 Å². The molecule has 1 N–H and O–H groups in total. The van der Waals surface area contributed by atoms with Gasteiger partial charge in [-0.15, -0.1) is 10.2 Å². The van der Waals surface area contributed by atoms with Crippen molar-refractivity contribution in [1.82, 2.24) is 10.2 Å². The lowest BCUT2D eigenvalue weighted by Crippen LogP contribution is -2.24. The number of hydrogen-bond donors (Lipinski definition) is 1. The highest BCUT2D eigenvalue weighted by molar-refractivity contribution is 7.15. The Kier molecular flexibility index (Phi) is 5.39. The van der Waals surface area contributed by atoms with Gasteiger partial charge in [0.2, 0.25) is 11.0 Å². The van der Waals surface area contributed by atoms with Gasteiger partial charge in [-0.05, 0) is 24.8 Å². The van der Waals surface area contributed by atoms with Gasteiger partial charge < -0.3 is 5.32 Å². The van der Waals surface area contributed by atoms with E-state index in [1.165, 1.54) is 23.3 Å². The van der Waals surface area contributed by atoms with Crippen molar-refractivity contribution >= 4 is 22.4 Å². The molecule has 0 radical (unpaired) electrons. The first-order valence-electron chi connectivity index (χ1n) is 8.47. The van der Waals surface area contributed by atoms with Gasteiger partial charge in [0.15, 0.2) is 0 Å². The highest BCUT2D eigenvalue weighted by Gasteiger charge is 2.23. The maximum absolute atomic E-state index is 12.3. The normalized spacial score (nSPS) is 16.9. The van der Waals surface area contributed by atoms with E-state index < -0.39 is 0 Å². The van der Waals surface area contributed by atoms with Crippen LogP contribution < -0.4 is 5.32 Å². The van der Waals surface area contributed by atoms with Crippen molar-refractivity contribution in [3.8, 4) is 0 Å². The molecule has 0 bridgehead atoms. The summed E-state index contributed by atoms with van der Waals surface area (Å²) >= 11 is 1.50. The molecule has 5 heteroatoms. The van der Waals surface area contributed by atoms with Crippen molar-refractivity contribution in [2.45, 2.75) is 51.4 Å². The van der Waals surface area contributed by atoms with Gasteiger partial charge in [-0.25, -0.2) is 0 Å². The molecule has 1 aliphatic carbocycles. The summed E-state index contributed by atoms with van der Waals surface area (Å²) in [5.74, 6) is 0.501. The lowest BCUT2D eigenvalue weighted by atomic mass is 9.89. The van der Waals surface area contributed by atoms with E-state index in [2.05, 4.69) is 34.6 Å². The van der Waals surface area contributed by atoms with Crippen LogP contribution in [0.3, 0.4) is 0 Å². The average Bonchev–Trinajstić information content (AvgIpc) is 3.05. The topological polar surface area (TPSA) is 54.9 Å². The van der Waals surface area contributed by atoms with Crippen LogP contribution in [0, 0.1) is 5.92 Å². The third kappa shape index (κ3) is 3.96. The Morgan fingerprint density at radius 2 is 1.96 bits per heavy atom. The van der Waals surface area contributed by atoms with Gasteiger partial charge in [-0.3, -0.25) is 4.79 Å². The highest BCUT2D eigenvalue weighted by atomic mass is 32.1. The van der Waals surface area contributed by atoms with Gasteiger partial charge in [0.1, 0.15) is 5.01 Å². The molecule has 1 saturated carbocycles. The predicted molar refractivity (Wildman–Crippen MR) is 93.7 cm³/mol. The molecule has 1 atom stereocenters. The van der Waals surface area contributed by atoms with E-state index in [4.69, 9.17) is 0 Å². The Morgan fingerprint density at radius 3 is 2.65 bits per heavy atom. The summed E-state index contributed by atoms with van der Waals surface area (Å²) < 4.78 is 0. The van der Waals surface area contributed by atoms with Crippen LogP contribution >= 0.6 is 11.3 Å². The molecule has 23 heavy (non-hydrogen) atoms.